The van der Waals surface area contributed by atoms with Gasteiger partial charge in [0.05, 0.1) is 15.6 Å². The van der Waals surface area contributed by atoms with Gasteiger partial charge in [-0.25, -0.2) is 4.99 Å². The van der Waals surface area contributed by atoms with Gasteiger partial charge in [0.1, 0.15) is 5.84 Å². The second-order valence-electron chi connectivity index (χ2n) is 4.23. The van der Waals surface area contributed by atoms with Crippen molar-refractivity contribution in [2.45, 2.75) is 18.2 Å². The van der Waals surface area contributed by atoms with Gasteiger partial charge in [-0.1, -0.05) is 42.8 Å². The van der Waals surface area contributed by atoms with Crippen LogP contribution in [0.5, 0.6) is 0 Å². The second kappa shape index (κ2) is 7.36. The standard InChI is InChI=1S/C15H15ClN2O2S/c1-2-14(17-11-7-4-3-5-8-11)18-13-10-6-9-12(16)15(13)21(19)20/h3-10H,2H2,1H3,(H,17,18)(H,19,20)/p-1. The van der Waals surface area contributed by atoms with E-state index in [1.165, 1.54) is 6.07 Å². The maximum absolute atomic E-state index is 11.3. The molecule has 0 aliphatic rings. The minimum Gasteiger partial charge on any atom is -0.768 e. The Balaban J connectivity index is 2.37. The Hall–Kier alpha value is -1.69. The van der Waals surface area contributed by atoms with Crippen LogP contribution in [-0.2, 0) is 11.1 Å². The third-order valence-electron chi connectivity index (χ3n) is 2.77. The molecule has 0 aromatic heterocycles. The normalized spacial score (nSPS) is 13.0. The molecule has 0 radical (unpaired) electrons. The van der Waals surface area contributed by atoms with Crippen molar-refractivity contribution in [3.05, 3.63) is 53.6 Å². The van der Waals surface area contributed by atoms with Crippen molar-refractivity contribution in [3.63, 3.8) is 0 Å². The molecule has 0 aliphatic heterocycles. The van der Waals surface area contributed by atoms with Crippen LogP contribution in [0.25, 0.3) is 0 Å². The molecule has 4 nitrogen and oxygen atoms in total. The number of rotatable bonds is 4. The summed E-state index contributed by atoms with van der Waals surface area (Å²) in [6, 6.07) is 14.4. The lowest BCUT2D eigenvalue weighted by molar-refractivity contribution is 0.537. The Morgan fingerprint density at radius 3 is 2.57 bits per heavy atom. The summed E-state index contributed by atoms with van der Waals surface area (Å²) in [4.78, 5) is 4.40. The third-order valence-corrected chi connectivity index (χ3v) is 3.95. The summed E-state index contributed by atoms with van der Waals surface area (Å²) < 4.78 is 22.6. The number of amidine groups is 1. The van der Waals surface area contributed by atoms with Gasteiger partial charge in [-0.2, -0.15) is 0 Å². The maximum atomic E-state index is 11.3. The summed E-state index contributed by atoms with van der Waals surface area (Å²) >= 11 is 3.49. The Morgan fingerprint density at radius 1 is 1.24 bits per heavy atom. The summed E-state index contributed by atoms with van der Waals surface area (Å²) in [6.45, 7) is 1.94. The molecule has 2 rings (SSSR count). The van der Waals surface area contributed by atoms with E-state index in [1.807, 2.05) is 37.3 Å². The van der Waals surface area contributed by atoms with Crippen molar-refractivity contribution < 1.29 is 8.76 Å². The van der Waals surface area contributed by atoms with Crippen LogP contribution in [0, 0.1) is 0 Å². The van der Waals surface area contributed by atoms with Crippen LogP contribution in [0.15, 0.2) is 58.4 Å². The summed E-state index contributed by atoms with van der Waals surface area (Å²) in [6.07, 6.45) is 0.631. The van der Waals surface area contributed by atoms with Crippen LogP contribution < -0.4 is 5.32 Å². The lowest BCUT2D eigenvalue weighted by Gasteiger charge is -2.13. The molecule has 0 bridgehead atoms. The molecule has 1 N–H and O–H groups in total. The van der Waals surface area contributed by atoms with E-state index in [0.717, 1.165) is 5.69 Å². The fourth-order valence-electron chi connectivity index (χ4n) is 1.78. The van der Waals surface area contributed by atoms with Gasteiger partial charge in [0.2, 0.25) is 0 Å². The first-order chi connectivity index (χ1) is 10.1. The topological polar surface area (TPSA) is 64.5 Å². The van der Waals surface area contributed by atoms with Crippen molar-refractivity contribution in [1.82, 2.24) is 0 Å². The first kappa shape index (κ1) is 15.7. The maximum Gasteiger partial charge on any atom is 0.106 e. The highest BCUT2D eigenvalue weighted by atomic mass is 35.5. The quantitative estimate of drug-likeness (QED) is 0.523. The van der Waals surface area contributed by atoms with Crippen molar-refractivity contribution in [1.29, 1.82) is 0 Å². The molecule has 0 amide bonds. The SMILES string of the molecule is CCC(=Nc1cccc(Cl)c1S(=O)[O-])Nc1ccccc1. The number of anilines is 1. The molecule has 0 fully saturated rings. The summed E-state index contributed by atoms with van der Waals surface area (Å²) in [5.74, 6) is 0.662. The van der Waals surface area contributed by atoms with E-state index in [1.54, 1.807) is 12.1 Å². The molecule has 1 atom stereocenters. The molecule has 1 unspecified atom stereocenters. The number of para-hydroxylation sites is 1. The van der Waals surface area contributed by atoms with Crippen LogP contribution in [0.3, 0.4) is 0 Å². The lowest BCUT2D eigenvalue weighted by atomic mass is 10.3. The highest BCUT2D eigenvalue weighted by Crippen LogP contribution is 2.29. The zero-order chi connectivity index (χ0) is 15.2. The van der Waals surface area contributed by atoms with Crippen molar-refractivity contribution >= 4 is 39.9 Å². The predicted molar refractivity (Wildman–Crippen MR) is 86.1 cm³/mol. The Kier molecular flexibility index (Phi) is 5.50. The van der Waals surface area contributed by atoms with E-state index in [0.29, 0.717) is 17.9 Å². The molecule has 21 heavy (non-hydrogen) atoms. The fraction of sp³-hybridized carbons (Fsp3) is 0.133. The molecule has 2 aromatic carbocycles. The van der Waals surface area contributed by atoms with Gasteiger partial charge < -0.3 is 9.87 Å². The predicted octanol–water partition coefficient (Wildman–Crippen LogP) is 4.13. The number of aliphatic imine (C=N–C) groups is 1. The van der Waals surface area contributed by atoms with Crippen LogP contribution >= 0.6 is 11.6 Å². The first-order valence-corrected chi connectivity index (χ1v) is 7.84. The van der Waals surface area contributed by atoms with Crippen LogP contribution in [-0.4, -0.2) is 14.6 Å². The second-order valence-corrected chi connectivity index (χ2v) is 5.51. The van der Waals surface area contributed by atoms with Crippen molar-refractivity contribution in [3.8, 4) is 0 Å². The molecule has 6 heteroatoms. The fourth-order valence-corrected chi connectivity index (χ4v) is 2.65. The lowest BCUT2D eigenvalue weighted by Crippen LogP contribution is -2.10. The molecule has 0 spiro atoms. The molecule has 0 heterocycles. The molecule has 0 aliphatic carbocycles. The van der Waals surface area contributed by atoms with E-state index in [9.17, 15) is 8.76 Å². The Morgan fingerprint density at radius 2 is 1.95 bits per heavy atom. The summed E-state index contributed by atoms with van der Waals surface area (Å²) in [5, 5.41) is 3.34. The number of halogens is 1. The van der Waals surface area contributed by atoms with Gasteiger partial charge in [0, 0.05) is 12.1 Å². The Bertz CT molecular complexity index is 675. The number of benzene rings is 2. The van der Waals surface area contributed by atoms with Gasteiger partial charge in [-0.15, -0.1) is 0 Å². The van der Waals surface area contributed by atoms with Gasteiger partial charge in [-0.05, 0) is 35.3 Å². The van der Waals surface area contributed by atoms with Gasteiger partial charge in [-0.3, -0.25) is 4.21 Å². The van der Waals surface area contributed by atoms with Gasteiger partial charge in [0.25, 0.3) is 0 Å². The Labute approximate surface area is 131 Å². The van der Waals surface area contributed by atoms with E-state index < -0.39 is 11.1 Å². The largest absolute Gasteiger partial charge is 0.768 e. The van der Waals surface area contributed by atoms with E-state index in [4.69, 9.17) is 11.6 Å². The minimum atomic E-state index is -2.43. The minimum absolute atomic E-state index is 0.0139. The summed E-state index contributed by atoms with van der Waals surface area (Å²) in [7, 11) is 0. The van der Waals surface area contributed by atoms with Crippen LogP contribution in [0.2, 0.25) is 5.02 Å². The molecule has 2 aromatic rings. The van der Waals surface area contributed by atoms with Gasteiger partial charge in [0.15, 0.2) is 0 Å². The zero-order valence-electron chi connectivity index (χ0n) is 11.4. The molecular formula is C15H14ClN2O2S-. The van der Waals surface area contributed by atoms with Gasteiger partial charge >= 0.3 is 0 Å². The number of nitrogens with one attached hydrogen (secondary N) is 1. The number of hydrogen-bond donors (Lipinski definition) is 1. The van der Waals surface area contributed by atoms with E-state index >= 15 is 0 Å². The smallest absolute Gasteiger partial charge is 0.106 e. The monoisotopic (exact) mass is 321 g/mol. The van der Waals surface area contributed by atoms with Crippen molar-refractivity contribution in [2.75, 3.05) is 5.32 Å². The highest BCUT2D eigenvalue weighted by molar-refractivity contribution is 7.79. The van der Waals surface area contributed by atoms with Crippen molar-refractivity contribution in [2.24, 2.45) is 4.99 Å². The highest BCUT2D eigenvalue weighted by Gasteiger charge is 2.08. The third kappa shape index (κ3) is 4.14. The number of nitrogens with zero attached hydrogens (tertiary/aromatic N) is 1. The average Bonchev–Trinajstić information content (AvgIpc) is 2.47. The number of hydrogen-bond acceptors (Lipinski definition) is 3. The first-order valence-electron chi connectivity index (χ1n) is 6.39. The van der Waals surface area contributed by atoms with E-state index in [2.05, 4.69) is 10.3 Å². The summed E-state index contributed by atoms with van der Waals surface area (Å²) in [5.41, 5.74) is 1.22. The molecule has 110 valence electrons. The zero-order valence-corrected chi connectivity index (χ0v) is 12.9. The van der Waals surface area contributed by atoms with E-state index in [-0.39, 0.29) is 9.92 Å². The molecular weight excluding hydrogens is 308 g/mol. The average molecular weight is 322 g/mol. The van der Waals surface area contributed by atoms with Crippen LogP contribution in [0.1, 0.15) is 13.3 Å². The molecule has 0 saturated heterocycles. The van der Waals surface area contributed by atoms with Crippen LogP contribution in [0.4, 0.5) is 11.4 Å². The molecule has 0 saturated carbocycles.